The summed E-state index contributed by atoms with van der Waals surface area (Å²) >= 11 is 1.36. The van der Waals surface area contributed by atoms with Crippen molar-refractivity contribution in [2.45, 2.75) is 31.7 Å². The first kappa shape index (κ1) is 23.1. The molecular weight excluding hydrogens is 483 g/mol. The van der Waals surface area contributed by atoms with Crippen LogP contribution in [0.2, 0.25) is 0 Å². The van der Waals surface area contributed by atoms with Crippen LogP contribution < -0.4 is 5.32 Å². The van der Waals surface area contributed by atoms with Crippen LogP contribution in [0.4, 0.5) is 19.0 Å². The number of hydrogen-bond acceptors (Lipinski definition) is 6. The molecule has 1 aliphatic rings. The van der Waals surface area contributed by atoms with E-state index < -0.39 is 24.4 Å². The van der Waals surface area contributed by atoms with Gasteiger partial charge in [0.15, 0.2) is 11.6 Å². The van der Waals surface area contributed by atoms with Gasteiger partial charge in [0.05, 0.1) is 18.3 Å². The van der Waals surface area contributed by atoms with Gasteiger partial charge in [-0.25, -0.2) is 18.2 Å². The number of hydrogen-bond donors (Lipinski definition) is 1. The molecule has 1 N–H and O–H groups in total. The maximum Gasteiger partial charge on any atom is 0.272 e. The zero-order valence-electron chi connectivity index (χ0n) is 18.5. The van der Waals surface area contributed by atoms with Crippen LogP contribution in [0, 0.1) is 0 Å². The van der Waals surface area contributed by atoms with Crippen molar-refractivity contribution < 1.29 is 27.3 Å². The molecule has 0 spiro atoms. The van der Waals surface area contributed by atoms with E-state index in [1.165, 1.54) is 11.3 Å². The summed E-state index contributed by atoms with van der Waals surface area (Å²) in [6, 6.07) is 6.60. The van der Waals surface area contributed by atoms with Crippen LogP contribution in [-0.4, -0.2) is 50.9 Å². The van der Waals surface area contributed by atoms with E-state index in [1.807, 2.05) is 18.2 Å². The number of halogens is 3. The number of alkyl halides is 3. The molecule has 0 fully saturated rings. The van der Waals surface area contributed by atoms with Crippen LogP contribution >= 0.6 is 11.3 Å². The van der Waals surface area contributed by atoms with Gasteiger partial charge in [-0.1, -0.05) is 11.2 Å². The Balaban J connectivity index is 1.30. The Morgan fingerprint density at radius 1 is 1.34 bits per heavy atom. The summed E-state index contributed by atoms with van der Waals surface area (Å²) in [5.41, 5.74) is 0.233. The molecule has 1 aliphatic heterocycles. The average molecular weight is 504 g/mol. The molecule has 8 nitrogen and oxygen atoms in total. The normalized spacial score (nSPS) is 15.3. The third kappa shape index (κ3) is 3.97. The number of nitrogens with zero attached hydrogens (tertiary/aromatic N) is 4. The summed E-state index contributed by atoms with van der Waals surface area (Å²) < 4.78 is 46.4. The molecule has 0 bridgehead atoms. The van der Waals surface area contributed by atoms with E-state index >= 15 is 0 Å². The minimum Gasteiger partial charge on any atom is -0.358 e. The van der Waals surface area contributed by atoms with Gasteiger partial charge in [0.25, 0.3) is 18.2 Å². The van der Waals surface area contributed by atoms with Gasteiger partial charge in [-0.15, -0.1) is 11.3 Å². The third-order valence-corrected chi connectivity index (χ3v) is 7.20. The number of imidazole rings is 1. The van der Waals surface area contributed by atoms with Gasteiger partial charge >= 0.3 is 0 Å². The number of carbonyl (C=O) groups excluding carboxylic acids is 2. The molecule has 0 saturated carbocycles. The van der Waals surface area contributed by atoms with E-state index in [1.54, 1.807) is 27.1 Å². The van der Waals surface area contributed by atoms with Gasteiger partial charge in [-0.2, -0.15) is 0 Å². The second kappa shape index (κ2) is 8.84. The maximum absolute atomic E-state index is 13.3. The highest BCUT2D eigenvalue weighted by Crippen LogP contribution is 2.34. The van der Waals surface area contributed by atoms with Crippen molar-refractivity contribution in [1.82, 2.24) is 19.4 Å². The number of pyridine rings is 1. The summed E-state index contributed by atoms with van der Waals surface area (Å²) in [7, 11) is 0. The van der Waals surface area contributed by atoms with Gasteiger partial charge in [0.1, 0.15) is 23.4 Å². The molecule has 182 valence electrons. The molecule has 0 aromatic carbocycles. The summed E-state index contributed by atoms with van der Waals surface area (Å²) in [5, 5.41) is 7.82. The fourth-order valence-electron chi connectivity index (χ4n) is 3.96. The third-order valence-electron chi connectivity index (χ3n) is 6.19. The van der Waals surface area contributed by atoms with E-state index in [-0.39, 0.29) is 17.5 Å². The molecule has 5 heterocycles. The molecule has 0 aliphatic carbocycles. The van der Waals surface area contributed by atoms with Crippen LogP contribution in [-0.2, 0) is 18.4 Å². The quantitative estimate of drug-likeness (QED) is 0.423. The van der Waals surface area contributed by atoms with Crippen molar-refractivity contribution in [3.63, 3.8) is 0 Å². The number of fused-ring (bicyclic) bond motifs is 2. The van der Waals surface area contributed by atoms with Crippen molar-refractivity contribution in [3.8, 4) is 0 Å². The molecule has 35 heavy (non-hydrogen) atoms. The summed E-state index contributed by atoms with van der Waals surface area (Å²) in [5.74, 6) is -1.06. The monoisotopic (exact) mass is 503 g/mol. The first-order chi connectivity index (χ1) is 16.8. The van der Waals surface area contributed by atoms with Crippen LogP contribution in [0.1, 0.15) is 44.0 Å². The van der Waals surface area contributed by atoms with Gasteiger partial charge in [0, 0.05) is 29.1 Å². The highest BCUT2D eigenvalue weighted by molar-refractivity contribution is 7.10. The molecule has 4 aromatic rings. The molecule has 2 amide bonds. The Kier molecular flexibility index (Phi) is 5.83. The molecule has 5 rings (SSSR count). The lowest BCUT2D eigenvalue weighted by Crippen LogP contribution is -2.36. The lowest BCUT2D eigenvalue weighted by Gasteiger charge is -2.27. The molecular formula is C23H20F3N5O3S. The Bertz CT molecular complexity index is 1410. The predicted octanol–water partition coefficient (Wildman–Crippen LogP) is 4.33. The van der Waals surface area contributed by atoms with E-state index in [2.05, 4.69) is 15.5 Å². The lowest BCUT2D eigenvalue weighted by molar-refractivity contribution is 0.0281. The second-order valence-corrected chi connectivity index (χ2v) is 9.45. The molecule has 0 radical (unpaired) electrons. The summed E-state index contributed by atoms with van der Waals surface area (Å²) in [6.07, 6.45) is 0.804. The highest BCUT2D eigenvalue weighted by Gasteiger charge is 2.41. The Hall–Kier alpha value is -3.67. The van der Waals surface area contributed by atoms with Crippen LogP contribution in [0.5, 0.6) is 0 Å². The largest absolute Gasteiger partial charge is 0.358 e. The number of nitrogens with one attached hydrogen (secondary N) is 1. The number of aromatic nitrogens is 3. The topological polar surface area (TPSA) is 92.7 Å². The second-order valence-electron chi connectivity index (χ2n) is 8.48. The average Bonchev–Trinajstić information content (AvgIpc) is 3.60. The van der Waals surface area contributed by atoms with E-state index in [9.17, 15) is 22.8 Å². The van der Waals surface area contributed by atoms with Crippen LogP contribution in [0.15, 0.2) is 46.6 Å². The Labute approximate surface area is 201 Å². The number of amides is 2. The van der Waals surface area contributed by atoms with Gasteiger partial charge in [-0.05, 0) is 31.0 Å². The van der Waals surface area contributed by atoms with Gasteiger partial charge < -0.3 is 14.7 Å². The zero-order chi connectivity index (χ0) is 24.7. The SMILES string of the molecule is CC(CF)(c1cc(NC(=O)c2csc3c2CCN(C(=O)c2cnc4ccccn24)C3)no1)C(F)F. The molecule has 12 heteroatoms. The minimum absolute atomic E-state index is 0.0782. The predicted molar refractivity (Wildman–Crippen MR) is 122 cm³/mol. The summed E-state index contributed by atoms with van der Waals surface area (Å²) in [6.45, 7) is 0.457. The Morgan fingerprint density at radius 2 is 2.17 bits per heavy atom. The smallest absolute Gasteiger partial charge is 0.272 e. The highest BCUT2D eigenvalue weighted by atomic mass is 32.1. The van der Waals surface area contributed by atoms with Gasteiger partial charge in [0.2, 0.25) is 0 Å². The van der Waals surface area contributed by atoms with Crippen molar-refractivity contribution >= 4 is 34.6 Å². The standard InChI is InChI=1S/C23H20F3N5O3S/c1-23(12-24,22(25)26)17-8-18(29-34-17)28-20(32)14-11-35-16-10-30(7-5-13(14)16)21(33)15-9-27-19-4-2-3-6-31(15)19/h2-4,6,8-9,11,22H,5,7,10,12H2,1H3,(H,28,29,32). The summed E-state index contributed by atoms with van der Waals surface area (Å²) in [4.78, 5) is 32.8. The van der Waals surface area contributed by atoms with E-state index in [0.717, 1.165) is 23.4 Å². The fraction of sp³-hybridized carbons (Fsp3) is 0.304. The number of rotatable bonds is 6. The van der Waals surface area contributed by atoms with E-state index in [0.29, 0.717) is 36.4 Å². The maximum atomic E-state index is 13.3. The van der Waals surface area contributed by atoms with Crippen molar-refractivity contribution in [3.05, 3.63) is 69.5 Å². The zero-order valence-corrected chi connectivity index (χ0v) is 19.3. The van der Waals surface area contributed by atoms with Crippen molar-refractivity contribution in [2.24, 2.45) is 0 Å². The van der Waals surface area contributed by atoms with Gasteiger partial charge in [-0.3, -0.25) is 14.0 Å². The fourth-order valence-corrected chi connectivity index (χ4v) is 5.06. The van der Waals surface area contributed by atoms with Crippen molar-refractivity contribution in [2.75, 3.05) is 18.5 Å². The van der Waals surface area contributed by atoms with Crippen molar-refractivity contribution in [1.29, 1.82) is 0 Å². The number of thiophene rings is 1. The Morgan fingerprint density at radius 3 is 2.94 bits per heavy atom. The lowest BCUT2D eigenvalue weighted by atomic mass is 9.90. The van der Waals surface area contributed by atoms with Crippen LogP contribution in [0.3, 0.4) is 0 Å². The molecule has 4 aromatic heterocycles. The van der Waals surface area contributed by atoms with E-state index in [4.69, 9.17) is 4.52 Å². The minimum atomic E-state index is -3.00. The molecule has 0 saturated heterocycles. The first-order valence-electron chi connectivity index (χ1n) is 10.7. The number of carbonyl (C=O) groups is 2. The van der Waals surface area contributed by atoms with Crippen LogP contribution in [0.25, 0.3) is 5.65 Å². The number of anilines is 1. The molecule has 1 unspecified atom stereocenters. The first-order valence-corrected chi connectivity index (χ1v) is 11.6. The molecule has 1 atom stereocenters.